The Morgan fingerprint density at radius 1 is 1.45 bits per heavy atom. The van der Waals surface area contributed by atoms with Gasteiger partial charge in [-0.1, -0.05) is 24.9 Å². The van der Waals surface area contributed by atoms with E-state index in [0.29, 0.717) is 6.42 Å². The number of hydrogen-bond donors (Lipinski definition) is 2. The van der Waals surface area contributed by atoms with Gasteiger partial charge in [-0.2, -0.15) is 0 Å². The molecule has 0 aromatic heterocycles. The van der Waals surface area contributed by atoms with Crippen LogP contribution in [-0.4, -0.2) is 15.7 Å². The lowest BCUT2D eigenvalue weighted by atomic mass is 9.94. The fourth-order valence-corrected chi connectivity index (χ4v) is 0.842. The fourth-order valence-electron chi connectivity index (χ4n) is 0.653. The summed E-state index contributed by atoms with van der Waals surface area (Å²) in [6.45, 7) is 5.39. The van der Waals surface area contributed by atoms with Crippen molar-refractivity contribution in [3.63, 3.8) is 0 Å². The van der Waals surface area contributed by atoms with Crippen molar-refractivity contribution in [3.8, 4) is 0 Å². The highest BCUT2D eigenvalue weighted by Crippen LogP contribution is 2.28. The molecule has 0 aliphatic carbocycles. The van der Waals surface area contributed by atoms with Crippen molar-refractivity contribution < 1.29 is 5.11 Å². The van der Waals surface area contributed by atoms with Gasteiger partial charge in [-0.15, -0.1) is 12.4 Å². The van der Waals surface area contributed by atoms with Crippen molar-refractivity contribution in [1.29, 1.82) is 0 Å². The van der Waals surface area contributed by atoms with Crippen molar-refractivity contribution in [2.75, 3.05) is 0 Å². The maximum atomic E-state index is 9.49. The van der Waals surface area contributed by atoms with Crippen LogP contribution in [0, 0.1) is 0 Å². The summed E-state index contributed by atoms with van der Waals surface area (Å²) < 4.78 is 0. The van der Waals surface area contributed by atoms with E-state index < -0.39 is 10.6 Å². The van der Waals surface area contributed by atoms with Crippen molar-refractivity contribution in [2.24, 2.45) is 5.73 Å². The highest BCUT2D eigenvalue weighted by Gasteiger charge is 2.37. The molecule has 0 aromatic rings. The van der Waals surface area contributed by atoms with Crippen molar-refractivity contribution in [2.45, 2.75) is 44.2 Å². The van der Waals surface area contributed by atoms with E-state index in [2.05, 4.69) is 0 Å². The van der Waals surface area contributed by atoms with Crippen LogP contribution in [0.25, 0.3) is 0 Å². The molecule has 0 aromatic carbocycles. The number of alkyl halides is 1. The van der Waals surface area contributed by atoms with Crippen LogP contribution in [0.5, 0.6) is 0 Å². The van der Waals surface area contributed by atoms with Crippen LogP contribution in [0.2, 0.25) is 0 Å². The molecule has 0 amide bonds. The van der Waals surface area contributed by atoms with Crippen molar-refractivity contribution in [1.82, 2.24) is 0 Å². The zero-order valence-electron chi connectivity index (χ0n) is 7.22. The summed E-state index contributed by atoms with van der Waals surface area (Å²) in [4.78, 5) is 0. The summed E-state index contributed by atoms with van der Waals surface area (Å²) in [7, 11) is 0. The van der Waals surface area contributed by atoms with E-state index in [9.17, 15) is 5.11 Å². The molecule has 1 unspecified atom stereocenters. The molecule has 0 fully saturated rings. The minimum Gasteiger partial charge on any atom is -0.373 e. The van der Waals surface area contributed by atoms with Gasteiger partial charge >= 0.3 is 0 Å². The zero-order valence-corrected chi connectivity index (χ0v) is 8.80. The molecule has 0 saturated heterocycles. The van der Waals surface area contributed by atoms with E-state index in [0.717, 1.165) is 6.42 Å². The van der Waals surface area contributed by atoms with E-state index in [4.69, 9.17) is 17.3 Å². The lowest BCUT2D eigenvalue weighted by molar-refractivity contribution is 0.0509. The lowest BCUT2D eigenvalue weighted by Gasteiger charge is -2.34. The van der Waals surface area contributed by atoms with Gasteiger partial charge in [-0.25, -0.2) is 0 Å². The summed E-state index contributed by atoms with van der Waals surface area (Å²) in [6, 6.07) is 0. The highest BCUT2D eigenvalue weighted by atomic mass is 35.5. The van der Waals surface area contributed by atoms with Crippen LogP contribution in [0.3, 0.4) is 0 Å². The van der Waals surface area contributed by atoms with Crippen molar-refractivity contribution in [3.05, 3.63) is 0 Å². The number of halogens is 2. The fraction of sp³-hybridized carbons (Fsp3) is 1.00. The maximum absolute atomic E-state index is 9.49. The minimum absolute atomic E-state index is 0. The molecule has 1 atom stereocenters. The first-order chi connectivity index (χ1) is 4.31. The van der Waals surface area contributed by atoms with Crippen LogP contribution in [0.1, 0.15) is 33.6 Å². The molecule has 2 nitrogen and oxygen atoms in total. The van der Waals surface area contributed by atoms with E-state index >= 15 is 0 Å². The molecule has 0 radical (unpaired) electrons. The molecule has 4 heteroatoms. The molecule has 0 bridgehead atoms. The van der Waals surface area contributed by atoms with E-state index in [-0.39, 0.29) is 12.4 Å². The van der Waals surface area contributed by atoms with Crippen LogP contribution in [-0.2, 0) is 0 Å². The SMILES string of the molecule is CCCC(O)(Cl)C(C)(C)N.Cl. The third-order valence-corrected chi connectivity index (χ3v) is 2.24. The average molecular weight is 202 g/mol. The normalized spacial score (nSPS) is 16.9. The zero-order chi connectivity index (χ0) is 8.41. The van der Waals surface area contributed by atoms with Crippen LogP contribution in [0.15, 0.2) is 0 Å². The Bertz CT molecular complexity index is 109. The Hall–Kier alpha value is 0.500. The second-order valence-corrected chi connectivity index (χ2v) is 3.86. The van der Waals surface area contributed by atoms with Gasteiger partial charge in [0.15, 0.2) is 5.06 Å². The summed E-state index contributed by atoms with van der Waals surface area (Å²) in [5, 5.41) is 8.23. The number of rotatable bonds is 3. The first-order valence-corrected chi connectivity index (χ1v) is 3.89. The van der Waals surface area contributed by atoms with Gasteiger partial charge in [0.25, 0.3) is 0 Å². The maximum Gasteiger partial charge on any atom is 0.155 e. The standard InChI is InChI=1S/C7H16ClNO.ClH/c1-4-5-7(8,10)6(2,3)9;/h10H,4-5,9H2,1-3H3;1H. The second kappa shape index (κ2) is 4.51. The predicted octanol–water partition coefficient (Wildman–Crippen LogP) is 1.87. The predicted molar refractivity (Wildman–Crippen MR) is 51.2 cm³/mol. The average Bonchev–Trinajstić information content (AvgIpc) is 1.61. The Morgan fingerprint density at radius 2 is 1.82 bits per heavy atom. The molecule has 3 N–H and O–H groups in total. The molecule has 70 valence electrons. The Morgan fingerprint density at radius 3 is 1.91 bits per heavy atom. The van der Waals surface area contributed by atoms with Crippen molar-refractivity contribution >= 4 is 24.0 Å². The largest absolute Gasteiger partial charge is 0.373 e. The smallest absolute Gasteiger partial charge is 0.155 e. The molecular formula is C7H17Cl2NO. The molecule has 0 spiro atoms. The third kappa shape index (κ3) is 4.16. The topological polar surface area (TPSA) is 46.2 Å². The van der Waals surface area contributed by atoms with E-state index in [1.54, 1.807) is 13.8 Å². The van der Waals surface area contributed by atoms with Crippen LogP contribution < -0.4 is 5.73 Å². The van der Waals surface area contributed by atoms with Crippen LogP contribution >= 0.6 is 24.0 Å². The van der Waals surface area contributed by atoms with Gasteiger partial charge in [0.2, 0.25) is 0 Å². The molecule has 0 heterocycles. The van der Waals surface area contributed by atoms with Crippen LogP contribution in [0.4, 0.5) is 0 Å². The van der Waals surface area contributed by atoms with Gasteiger partial charge in [-0.3, -0.25) is 0 Å². The number of aliphatic hydroxyl groups is 1. The lowest BCUT2D eigenvalue weighted by Crippen LogP contribution is -2.52. The molecule has 0 saturated carbocycles. The molecule has 0 aliphatic heterocycles. The Kier molecular flexibility index (Phi) is 5.76. The molecule has 0 aliphatic rings. The first-order valence-electron chi connectivity index (χ1n) is 3.51. The van der Waals surface area contributed by atoms with Gasteiger partial charge in [0.05, 0.1) is 5.54 Å². The third-order valence-electron chi connectivity index (χ3n) is 1.57. The Balaban J connectivity index is 0. The number of nitrogens with two attached hydrogens (primary N) is 1. The van der Waals surface area contributed by atoms with Gasteiger partial charge < -0.3 is 10.8 Å². The Labute approximate surface area is 79.5 Å². The number of hydrogen-bond acceptors (Lipinski definition) is 2. The molecular weight excluding hydrogens is 185 g/mol. The van der Waals surface area contributed by atoms with Gasteiger partial charge in [-0.05, 0) is 20.3 Å². The summed E-state index contributed by atoms with van der Waals surface area (Å²) >= 11 is 5.74. The van der Waals surface area contributed by atoms with Gasteiger partial charge in [0, 0.05) is 0 Å². The molecule has 11 heavy (non-hydrogen) atoms. The summed E-state index contributed by atoms with van der Waals surface area (Å²) in [6.07, 6.45) is 1.36. The first kappa shape index (κ1) is 14.0. The van der Waals surface area contributed by atoms with Gasteiger partial charge in [0.1, 0.15) is 0 Å². The minimum atomic E-state index is -1.26. The second-order valence-electron chi connectivity index (χ2n) is 3.23. The summed E-state index contributed by atoms with van der Waals surface area (Å²) in [5.74, 6) is 0. The quantitative estimate of drug-likeness (QED) is 0.686. The van der Waals surface area contributed by atoms with E-state index in [1.165, 1.54) is 0 Å². The summed E-state index contributed by atoms with van der Waals surface area (Å²) in [5.41, 5.74) is 4.89. The highest BCUT2D eigenvalue weighted by molar-refractivity contribution is 6.23. The monoisotopic (exact) mass is 201 g/mol. The van der Waals surface area contributed by atoms with E-state index in [1.807, 2.05) is 6.92 Å². The molecule has 0 rings (SSSR count).